The predicted molar refractivity (Wildman–Crippen MR) is 142 cm³/mol. The van der Waals surface area contributed by atoms with Gasteiger partial charge in [-0.1, -0.05) is 66.7 Å². The summed E-state index contributed by atoms with van der Waals surface area (Å²) in [7, 11) is 3.00. The van der Waals surface area contributed by atoms with Crippen molar-refractivity contribution in [1.82, 2.24) is 9.13 Å². The molecule has 188 valence electrons. The molecule has 1 N–H and O–H groups in total. The van der Waals surface area contributed by atoms with Crippen molar-refractivity contribution >= 4 is 23.3 Å². The van der Waals surface area contributed by atoms with Gasteiger partial charge in [-0.3, -0.25) is 23.5 Å². The molecule has 6 rings (SSSR count). The van der Waals surface area contributed by atoms with Crippen LogP contribution in [0.2, 0.25) is 0 Å². The lowest BCUT2D eigenvalue weighted by Gasteiger charge is -2.29. The van der Waals surface area contributed by atoms with Gasteiger partial charge < -0.3 is 10.1 Å². The summed E-state index contributed by atoms with van der Waals surface area (Å²) < 4.78 is 8.06. The highest BCUT2D eigenvalue weighted by atomic mass is 16.5. The third-order valence-electron chi connectivity index (χ3n) is 7.09. The normalized spacial score (nSPS) is 15.4. The SMILES string of the molecule is Cn1c2c(c(=O)n(C)c1=O)C(c1cccc(OC(=O)Cc3ccccc3)c1)C1=C(N2)c2ccccc2C1=O. The molecule has 0 bridgehead atoms. The first-order valence-electron chi connectivity index (χ1n) is 12.1. The number of hydrogen-bond donors (Lipinski definition) is 1. The number of fused-ring (bicyclic) bond motifs is 3. The fraction of sp³-hybridized carbons (Fsp3) is 0.133. The van der Waals surface area contributed by atoms with Crippen LogP contribution in [0.1, 0.15) is 38.5 Å². The summed E-state index contributed by atoms with van der Waals surface area (Å²) >= 11 is 0. The second kappa shape index (κ2) is 8.85. The molecule has 0 saturated heterocycles. The number of hydrogen-bond acceptors (Lipinski definition) is 6. The molecule has 1 aliphatic heterocycles. The lowest BCUT2D eigenvalue weighted by molar-refractivity contribution is -0.133. The molecule has 1 atom stereocenters. The first-order valence-corrected chi connectivity index (χ1v) is 12.1. The van der Waals surface area contributed by atoms with Gasteiger partial charge in [0.1, 0.15) is 11.6 Å². The molecule has 0 fully saturated rings. The van der Waals surface area contributed by atoms with Crippen molar-refractivity contribution in [3.05, 3.63) is 133 Å². The Morgan fingerprint density at radius 3 is 2.34 bits per heavy atom. The Kier molecular flexibility index (Phi) is 5.45. The average Bonchev–Trinajstić information content (AvgIpc) is 3.22. The monoisotopic (exact) mass is 505 g/mol. The van der Waals surface area contributed by atoms with E-state index >= 15 is 0 Å². The Labute approximate surface area is 217 Å². The summed E-state index contributed by atoms with van der Waals surface area (Å²) in [5.41, 5.74) is 2.95. The number of anilines is 1. The smallest absolute Gasteiger partial charge is 0.332 e. The number of nitrogens with one attached hydrogen (secondary N) is 1. The molecule has 3 aromatic carbocycles. The minimum atomic E-state index is -0.778. The molecule has 0 radical (unpaired) electrons. The fourth-order valence-corrected chi connectivity index (χ4v) is 5.28. The third kappa shape index (κ3) is 3.61. The maximum atomic E-state index is 13.7. The van der Waals surface area contributed by atoms with Crippen molar-refractivity contribution in [3.8, 4) is 5.75 Å². The molecule has 2 heterocycles. The number of carbonyl (C=O) groups excluding carboxylic acids is 2. The third-order valence-corrected chi connectivity index (χ3v) is 7.09. The van der Waals surface area contributed by atoms with Crippen LogP contribution in [-0.4, -0.2) is 20.9 Å². The van der Waals surface area contributed by atoms with Gasteiger partial charge in [0.05, 0.1) is 17.7 Å². The van der Waals surface area contributed by atoms with E-state index in [2.05, 4.69) is 5.32 Å². The molecule has 0 spiro atoms. The van der Waals surface area contributed by atoms with Crippen LogP contribution in [0, 0.1) is 0 Å². The molecule has 8 nitrogen and oxygen atoms in total. The number of ketones is 1. The van der Waals surface area contributed by atoms with Crippen LogP contribution in [0.25, 0.3) is 5.70 Å². The van der Waals surface area contributed by atoms with E-state index in [1.165, 1.54) is 11.6 Å². The zero-order chi connectivity index (χ0) is 26.6. The number of rotatable bonds is 4. The lowest BCUT2D eigenvalue weighted by Crippen LogP contribution is -2.42. The number of carbonyl (C=O) groups is 2. The first kappa shape index (κ1) is 23.4. The number of ether oxygens (including phenoxy) is 1. The number of benzene rings is 3. The summed E-state index contributed by atoms with van der Waals surface area (Å²) in [4.78, 5) is 52.6. The summed E-state index contributed by atoms with van der Waals surface area (Å²) in [6.45, 7) is 0. The minimum Gasteiger partial charge on any atom is -0.426 e. The standard InChI is InChI=1S/C30H23N3O5/c1-32-28-25(29(36)33(2)30(32)37)23(24-26(31-28)20-13-6-7-14-21(20)27(24)35)18-11-8-12-19(16-18)38-22(34)15-17-9-4-3-5-10-17/h3-14,16,23,31H,15H2,1-2H3. The predicted octanol–water partition coefficient (Wildman–Crippen LogP) is 3.40. The van der Waals surface area contributed by atoms with Gasteiger partial charge in [0.2, 0.25) is 0 Å². The van der Waals surface area contributed by atoms with E-state index in [4.69, 9.17) is 4.74 Å². The van der Waals surface area contributed by atoms with Gasteiger partial charge in [-0.2, -0.15) is 0 Å². The van der Waals surface area contributed by atoms with Crippen LogP contribution in [-0.2, 0) is 25.3 Å². The van der Waals surface area contributed by atoms with E-state index < -0.39 is 23.1 Å². The molecule has 0 saturated carbocycles. The van der Waals surface area contributed by atoms with Crippen molar-refractivity contribution in [1.29, 1.82) is 0 Å². The second-order valence-corrected chi connectivity index (χ2v) is 9.40. The van der Waals surface area contributed by atoms with Crippen molar-refractivity contribution in [3.63, 3.8) is 0 Å². The molecule has 1 unspecified atom stereocenters. The zero-order valence-corrected chi connectivity index (χ0v) is 20.7. The van der Waals surface area contributed by atoms with Crippen LogP contribution in [0.15, 0.2) is 94.0 Å². The van der Waals surface area contributed by atoms with Crippen LogP contribution < -0.4 is 21.3 Å². The molecule has 2 aliphatic rings. The van der Waals surface area contributed by atoms with Crippen molar-refractivity contribution < 1.29 is 14.3 Å². The number of nitrogens with zero attached hydrogens (tertiary/aromatic N) is 2. The van der Waals surface area contributed by atoms with Gasteiger partial charge in [-0.05, 0) is 23.3 Å². The fourth-order valence-electron chi connectivity index (χ4n) is 5.28. The van der Waals surface area contributed by atoms with Crippen molar-refractivity contribution in [2.45, 2.75) is 12.3 Å². The highest BCUT2D eigenvalue weighted by Crippen LogP contribution is 2.48. The summed E-state index contributed by atoms with van der Waals surface area (Å²) in [5.74, 6) is -0.768. The molecule has 0 amide bonds. The van der Waals surface area contributed by atoms with Gasteiger partial charge in [-0.25, -0.2) is 4.79 Å². The molecule has 1 aliphatic carbocycles. The highest BCUT2D eigenvalue weighted by molar-refractivity contribution is 6.23. The average molecular weight is 506 g/mol. The lowest BCUT2D eigenvalue weighted by atomic mass is 9.81. The molecule has 38 heavy (non-hydrogen) atoms. The number of allylic oxidation sites excluding steroid dienone is 1. The molecular formula is C30H23N3O5. The van der Waals surface area contributed by atoms with Gasteiger partial charge in [0.15, 0.2) is 5.78 Å². The van der Waals surface area contributed by atoms with Crippen molar-refractivity contribution in [2.75, 3.05) is 5.32 Å². The molecular weight excluding hydrogens is 482 g/mol. The van der Waals surface area contributed by atoms with Gasteiger partial charge in [0, 0.05) is 36.7 Å². The molecule has 8 heteroatoms. The van der Waals surface area contributed by atoms with E-state index in [0.717, 1.165) is 10.1 Å². The zero-order valence-electron chi connectivity index (χ0n) is 20.7. The van der Waals surface area contributed by atoms with Crippen LogP contribution >= 0.6 is 0 Å². The maximum absolute atomic E-state index is 13.7. The van der Waals surface area contributed by atoms with E-state index in [0.29, 0.717) is 39.5 Å². The van der Waals surface area contributed by atoms with E-state index in [1.54, 1.807) is 43.4 Å². The highest BCUT2D eigenvalue weighted by Gasteiger charge is 2.42. The second-order valence-electron chi connectivity index (χ2n) is 9.40. The Morgan fingerprint density at radius 1 is 0.868 bits per heavy atom. The first-order chi connectivity index (χ1) is 18.3. The van der Waals surface area contributed by atoms with Crippen molar-refractivity contribution in [2.24, 2.45) is 14.1 Å². The minimum absolute atomic E-state index is 0.104. The summed E-state index contributed by atoms with van der Waals surface area (Å²) in [5, 5.41) is 3.22. The maximum Gasteiger partial charge on any atom is 0.332 e. The van der Waals surface area contributed by atoms with Gasteiger partial charge in [0.25, 0.3) is 5.56 Å². The summed E-state index contributed by atoms with van der Waals surface area (Å²) in [6, 6.07) is 23.3. The van der Waals surface area contributed by atoms with Crippen LogP contribution in [0.4, 0.5) is 5.82 Å². The Morgan fingerprint density at radius 2 is 1.58 bits per heavy atom. The number of esters is 1. The quantitative estimate of drug-likeness (QED) is 0.337. The van der Waals surface area contributed by atoms with E-state index in [9.17, 15) is 19.2 Å². The topological polar surface area (TPSA) is 99.4 Å². The van der Waals surface area contributed by atoms with Crippen LogP contribution in [0.5, 0.6) is 5.75 Å². The molecule has 4 aromatic rings. The van der Waals surface area contributed by atoms with E-state index in [-0.39, 0.29) is 17.8 Å². The van der Waals surface area contributed by atoms with E-state index in [1.807, 2.05) is 42.5 Å². The van der Waals surface area contributed by atoms with Gasteiger partial charge >= 0.3 is 11.7 Å². The van der Waals surface area contributed by atoms with Crippen LogP contribution in [0.3, 0.4) is 0 Å². The number of Topliss-reactive ketones (excluding diaryl/α,β-unsaturated/α-hetero) is 1. The largest absolute Gasteiger partial charge is 0.426 e. The Bertz CT molecular complexity index is 1800. The Hall–Kier alpha value is -4.98. The summed E-state index contributed by atoms with van der Waals surface area (Å²) in [6.07, 6.45) is 0.104. The molecule has 1 aromatic heterocycles. The van der Waals surface area contributed by atoms with Gasteiger partial charge in [-0.15, -0.1) is 0 Å². The Balaban J connectivity index is 1.48. The number of aromatic nitrogens is 2.